The van der Waals surface area contributed by atoms with Crippen LogP contribution in [0.3, 0.4) is 0 Å². The number of aryl methyl sites for hydroxylation is 1. The molecule has 1 heterocycles. The first-order valence-corrected chi connectivity index (χ1v) is 7.49. The Labute approximate surface area is 122 Å². The van der Waals surface area contributed by atoms with Crippen molar-refractivity contribution in [1.29, 1.82) is 0 Å². The van der Waals surface area contributed by atoms with E-state index in [4.69, 9.17) is 0 Å². The zero-order valence-electron chi connectivity index (χ0n) is 13.4. The summed E-state index contributed by atoms with van der Waals surface area (Å²) >= 11 is 0. The van der Waals surface area contributed by atoms with E-state index in [-0.39, 0.29) is 11.3 Å². The van der Waals surface area contributed by atoms with Gasteiger partial charge in [0.25, 0.3) is 0 Å². The van der Waals surface area contributed by atoms with Gasteiger partial charge in [-0.05, 0) is 24.3 Å². The molecule has 1 aromatic rings. The molecule has 0 saturated carbocycles. The summed E-state index contributed by atoms with van der Waals surface area (Å²) in [6.07, 6.45) is 5.05. The summed E-state index contributed by atoms with van der Waals surface area (Å²) in [6.45, 7) is 11.1. The summed E-state index contributed by atoms with van der Waals surface area (Å²) < 4.78 is 0. The van der Waals surface area contributed by atoms with Crippen molar-refractivity contribution in [3.05, 3.63) is 18.1 Å². The molecule has 1 amide bonds. The lowest BCUT2D eigenvalue weighted by Crippen LogP contribution is -2.35. The van der Waals surface area contributed by atoms with Crippen LogP contribution in [0.5, 0.6) is 0 Å². The molecule has 1 aromatic heterocycles. The van der Waals surface area contributed by atoms with Crippen molar-refractivity contribution in [2.24, 2.45) is 5.41 Å². The van der Waals surface area contributed by atoms with Gasteiger partial charge < -0.3 is 0 Å². The molecular formula is C16H27N3O. The maximum atomic E-state index is 12.5. The van der Waals surface area contributed by atoms with E-state index >= 15 is 0 Å². The van der Waals surface area contributed by atoms with Gasteiger partial charge in [0, 0.05) is 25.6 Å². The number of carbonyl (C=O) groups is 1. The molecule has 0 aliphatic carbocycles. The average Bonchev–Trinajstić information content (AvgIpc) is 2.34. The van der Waals surface area contributed by atoms with E-state index in [1.807, 2.05) is 6.07 Å². The maximum absolute atomic E-state index is 12.5. The molecule has 0 radical (unpaired) electrons. The fraction of sp³-hybridized carbons (Fsp3) is 0.688. The molecule has 4 heteroatoms. The number of hydrogen-bond acceptors (Lipinski definition) is 3. The van der Waals surface area contributed by atoms with Crippen molar-refractivity contribution in [2.45, 2.75) is 60.3 Å². The molecule has 4 nitrogen and oxygen atoms in total. The molecule has 0 spiro atoms. The van der Waals surface area contributed by atoms with E-state index < -0.39 is 0 Å². The van der Waals surface area contributed by atoms with Crippen LogP contribution in [0.1, 0.15) is 59.7 Å². The Morgan fingerprint density at radius 1 is 1.25 bits per heavy atom. The number of nitrogens with zero attached hydrogens (tertiary/aromatic N) is 3. The van der Waals surface area contributed by atoms with Crippen LogP contribution in [0.15, 0.2) is 12.3 Å². The Morgan fingerprint density at radius 2 is 1.95 bits per heavy atom. The van der Waals surface area contributed by atoms with Gasteiger partial charge in [-0.3, -0.25) is 9.69 Å². The van der Waals surface area contributed by atoms with Crippen molar-refractivity contribution in [3.63, 3.8) is 0 Å². The van der Waals surface area contributed by atoms with Crippen molar-refractivity contribution >= 4 is 11.7 Å². The van der Waals surface area contributed by atoms with Crippen LogP contribution in [0.2, 0.25) is 0 Å². The minimum Gasteiger partial charge on any atom is -0.297 e. The van der Waals surface area contributed by atoms with Gasteiger partial charge in [0.15, 0.2) is 0 Å². The molecule has 0 bridgehead atoms. The first-order chi connectivity index (χ1) is 9.37. The van der Waals surface area contributed by atoms with E-state index in [0.29, 0.717) is 13.0 Å². The quantitative estimate of drug-likeness (QED) is 0.798. The minimum absolute atomic E-state index is 0.0116. The lowest BCUT2D eigenvalue weighted by atomic mass is 9.91. The smallest absolute Gasteiger partial charge is 0.228 e. The fourth-order valence-corrected chi connectivity index (χ4v) is 2.02. The number of rotatable bonds is 6. The van der Waals surface area contributed by atoms with E-state index in [0.717, 1.165) is 30.9 Å². The highest BCUT2D eigenvalue weighted by molar-refractivity contribution is 5.92. The molecule has 20 heavy (non-hydrogen) atoms. The number of amides is 1. The maximum Gasteiger partial charge on any atom is 0.228 e. The zero-order valence-corrected chi connectivity index (χ0v) is 13.4. The molecule has 0 atom stereocenters. The van der Waals surface area contributed by atoms with Crippen molar-refractivity contribution in [1.82, 2.24) is 9.97 Å². The number of hydrogen-bond donors (Lipinski definition) is 0. The molecular weight excluding hydrogens is 250 g/mol. The topological polar surface area (TPSA) is 46.1 Å². The van der Waals surface area contributed by atoms with Gasteiger partial charge in [-0.2, -0.15) is 0 Å². The summed E-state index contributed by atoms with van der Waals surface area (Å²) in [5, 5.41) is 0. The third kappa shape index (κ3) is 5.27. The molecule has 112 valence electrons. The highest BCUT2D eigenvalue weighted by Crippen LogP contribution is 2.22. The molecule has 0 aliphatic rings. The summed E-state index contributed by atoms with van der Waals surface area (Å²) in [7, 11) is 0. The van der Waals surface area contributed by atoms with Crippen LogP contribution in [-0.2, 0) is 11.2 Å². The van der Waals surface area contributed by atoms with Gasteiger partial charge >= 0.3 is 0 Å². The second-order valence-electron chi connectivity index (χ2n) is 6.36. The number of anilines is 1. The SMILES string of the molecule is CCCc1nccc(N(CCC)C(=O)CC(C)(C)C)n1. The van der Waals surface area contributed by atoms with Crippen LogP contribution >= 0.6 is 0 Å². The standard InChI is InChI=1S/C16H27N3O/c1-6-8-13-17-10-9-14(18-13)19(11-7-2)15(20)12-16(3,4)5/h9-10H,6-8,11-12H2,1-5H3. The zero-order chi connectivity index (χ0) is 15.2. The molecule has 0 fully saturated rings. The summed E-state index contributed by atoms with van der Waals surface area (Å²) in [5.41, 5.74) is -0.0116. The lowest BCUT2D eigenvalue weighted by molar-refractivity contribution is -0.120. The van der Waals surface area contributed by atoms with Gasteiger partial charge in [-0.1, -0.05) is 34.6 Å². The molecule has 0 N–H and O–H groups in total. The monoisotopic (exact) mass is 277 g/mol. The normalized spacial score (nSPS) is 11.4. The van der Waals surface area contributed by atoms with Gasteiger partial charge in [0.05, 0.1) is 0 Å². The van der Waals surface area contributed by atoms with Gasteiger partial charge in [0.2, 0.25) is 5.91 Å². The Morgan fingerprint density at radius 3 is 2.50 bits per heavy atom. The van der Waals surface area contributed by atoms with Gasteiger partial charge in [-0.15, -0.1) is 0 Å². The van der Waals surface area contributed by atoms with E-state index in [1.165, 1.54) is 0 Å². The van der Waals surface area contributed by atoms with E-state index in [2.05, 4.69) is 44.6 Å². The van der Waals surface area contributed by atoms with Gasteiger partial charge in [-0.25, -0.2) is 9.97 Å². The van der Waals surface area contributed by atoms with E-state index in [9.17, 15) is 4.79 Å². The minimum atomic E-state index is -0.0116. The van der Waals surface area contributed by atoms with Crippen LogP contribution in [0, 0.1) is 5.41 Å². The molecule has 0 unspecified atom stereocenters. The summed E-state index contributed by atoms with van der Waals surface area (Å²) in [6, 6.07) is 1.83. The van der Waals surface area contributed by atoms with Crippen LogP contribution in [-0.4, -0.2) is 22.4 Å². The Hall–Kier alpha value is -1.45. The second-order valence-corrected chi connectivity index (χ2v) is 6.36. The number of aromatic nitrogens is 2. The van der Waals surface area contributed by atoms with Crippen LogP contribution in [0.25, 0.3) is 0 Å². The van der Waals surface area contributed by atoms with Gasteiger partial charge in [0.1, 0.15) is 11.6 Å². The number of carbonyl (C=O) groups excluding carboxylic acids is 1. The summed E-state index contributed by atoms with van der Waals surface area (Å²) in [4.78, 5) is 23.1. The Bertz CT molecular complexity index is 438. The second kappa shape index (κ2) is 7.36. The molecule has 0 aromatic carbocycles. The lowest BCUT2D eigenvalue weighted by Gasteiger charge is -2.25. The average molecular weight is 277 g/mol. The van der Waals surface area contributed by atoms with E-state index in [1.54, 1.807) is 11.1 Å². The molecule has 1 rings (SSSR count). The third-order valence-corrected chi connectivity index (χ3v) is 2.87. The third-order valence-electron chi connectivity index (χ3n) is 2.87. The van der Waals surface area contributed by atoms with Crippen molar-refractivity contribution in [2.75, 3.05) is 11.4 Å². The summed E-state index contributed by atoms with van der Waals surface area (Å²) in [5.74, 6) is 1.69. The Kier molecular flexibility index (Phi) is 6.11. The fourth-order valence-electron chi connectivity index (χ4n) is 2.02. The predicted molar refractivity (Wildman–Crippen MR) is 82.7 cm³/mol. The van der Waals surface area contributed by atoms with Crippen molar-refractivity contribution < 1.29 is 4.79 Å². The largest absolute Gasteiger partial charge is 0.297 e. The molecule has 0 aliphatic heterocycles. The highest BCUT2D eigenvalue weighted by Gasteiger charge is 2.22. The highest BCUT2D eigenvalue weighted by atomic mass is 16.2. The molecule has 0 saturated heterocycles. The first-order valence-electron chi connectivity index (χ1n) is 7.49. The van der Waals surface area contributed by atoms with Crippen LogP contribution in [0.4, 0.5) is 5.82 Å². The van der Waals surface area contributed by atoms with Crippen LogP contribution < -0.4 is 4.90 Å². The first kappa shape index (κ1) is 16.6. The Balaban J connectivity index is 2.95. The predicted octanol–water partition coefficient (Wildman–Crippen LogP) is 3.61. The van der Waals surface area contributed by atoms with Crippen molar-refractivity contribution in [3.8, 4) is 0 Å².